The minimum Gasteiger partial charge on any atom is -0.366 e. The van der Waals surface area contributed by atoms with E-state index in [-0.39, 0.29) is 30.1 Å². The Kier molecular flexibility index (Phi) is 6.90. The second-order valence-corrected chi connectivity index (χ2v) is 7.08. The molecule has 1 aromatic carbocycles. The second-order valence-electron chi connectivity index (χ2n) is 7.08. The number of carbonyl (C=O) groups excluding carboxylic acids is 3. The Morgan fingerprint density at radius 3 is 2.33 bits per heavy atom. The number of amides is 2. The number of nitrogens with two attached hydrogens (primary N) is 1. The predicted molar refractivity (Wildman–Crippen MR) is 101 cm³/mol. The number of piperazine rings is 1. The Morgan fingerprint density at radius 1 is 1.19 bits per heavy atom. The van der Waals surface area contributed by atoms with Crippen molar-refractivity contribution in [2.24, 2.45) is 11.7 Å². The number of benzene rings is 1. The number of ketones is 1. The van der Waals surface area contributed by atoms with Crippen LogP contribution in [0.4, 0.5) is 10.1 Å². The number of hydrogen-bond acceptors (Lipinski definition) is 5. The van der Waals surface area contributed by atoms with Crippen LogP contribution < -0.4 is 16.0 Å². The van der Waals surface area contributed by atoms with Gasteiger partial charge in [0.05, 0.1) is 18.3 Å². The highest BCUT2D eigenvalue weighted by molar-refractivity contribution is 5.94. The molecule has 1 aliphatic heterocycles. The zero-order valence-electron chi connectivity index (χ0n) is 16.0. The number of nitrogens with zero attached hydrogens (tertiary/aromatic N) is 2. The fourth-order valence-electron chi connectivity index (χ4n) is 2.87. The number of nitrogens with one attached hydrogen (secondary N) is 1. The van der Waals surface area contributed by atoms with Crippen molar-refractivity contribution < 1.29 is 18.8 Å². The lowest BCUT2D eigenvalue weighted by Gasteiger charge is -2.36. The lowest BCUT2D eigenvalue weighted by molar-refractivity contribution is -0.133. The average molecular weight is 378 g/mol. The molecule has 0 bridgehead atoms. The molecule has 0 saturated carbocycles. The minimum absolute atomic E-state index is 0.00654. The van der Waals surface area contributed by atoms with E-state index >= 15 is 0 Å². The molecule has 1 atom stereocenters. The van der Waals surface area contributed by atoms with Gasteiger partial charge < -0.3 is 20.9 Å². The maximum Gasteiger partial charge on any atom is 0.242 e. The summed E-state index contributed by atoms with van der Waals surface area (Å²) >= 11 is 0. The fraction of sp³-hybridized carbons (Fsp3) is 0.526. The molecule has 7 nitrogen and oxygen atoms in total. The van der Waals surface area contributed by atoms with Gasteiger partial charge in [-0.1, -0.05) is 13.8 Å². The topological polar surface area (TPSA) is 95.7 Å². The van der Waals surface area contributed by atoms with Gasteiger partial charge in [-0.15, -0.1) is 0 Å². The summed E-state index contributed by atoms with van der Waals surface area (Å²) in [4.78, 5) is 38.9. The van der Waals surface area contributed by atoms with Crippen LogP contribution in [0, 0.1) is 11.7 Å². The lowest BCUT2D eigenvalue weighted by Crippen LogP contribution is -2.53. The molecule has 1 aliphatic rings. The Labute approximate surface area is 158 Å². The van der Waals surface area contributed by atoms with E-state index in [1.807, 2.05) is 18.7 Å². The summed E-state index contributed by atoms with van der Waals surface area (Å²) in [5.41, 5.74) is 6.50. The quantitative estimate of drug-likeness (QED) is 0.713. The van der Waals surface area contributed by atoms with Gasteiger partial charge in [0.1, 0.15) is 5.82 Å². The number of rotatable bonds is 6. The zero-order chi connectivity index (χ0) is 20.1. The Hall–Kier alpha value is -2.48. The normalized spacial score (nSPS) is 15.6. The first-order chi connectivity index (χ1) is 12.7. The summed E-state index contributed by atoms with van der Waals surface area (Å²) in [6.45, 7) is 6.79. The van der Waals surface area contributed by atoms with Gasteiger partial charge in [0.15, 0.2) is 5.78 Å². The number of hydrogen-bond donors (Lipinski definition) is 2. The van der Waals surface area contributed by atoms with Gasteiger partial charge in [0, 0.05) is 31.7 Å². The van der Waals surface area contributed by atoms with E-state index in [9.17, 15) is 18.8 Å². The highest BCUT2D eigenvalue weighted by atomic mass is 19.1. The lowest BCUT2D eigenvalue weighted by atomic mass is 10.1. The number of halogens is 1. The number of Topliss-reactive ketones (excluding diaryl/α,β-unsaturated/α-hetero) is 1. The summed E-state index contributed by atoms with van der Waals surface area (Å²) in [6, 6.07) is 3.79. The van der Waals surface area contributed by atoms with Crippen molar-refractivity contribution in [2.45, 2.75) is 26.8 Å². The van der Waals surface area contributed by atoms with E-state index < -0.39 is 11.9 Å². The molecule has 0 radical (unpaired) electrons. The molecule has 2 amide bonds. The first-order valence-electron chi connectivity index (χ1n) is 9.07. The molecule has 8 heteroatoms. The highest BCUT2D eigenvalue weighted by Crippen LogP contribution is 2.22. The molecular weight excluding hydrogens is 351 g/mol. The monoisotopic (exact) mass is 378 g/mol. The van der Waals surface area contributed by atoms with Gasteiger partial charge >= 0.3 is 0 Å². The van der Waals surface area contributed by atoms with Gasteiger partial charge in [0.25, 0.3) is 0 Å². The van der Waals surface area contributed by atoms with Crippen molar-refractivity contribution >= 4 is 23.3 Å². The largest absolute Gasteiger partial charge is 0.366 e. The van der Waals surface area contributed by atoms with Gasteiger partial charge in [0.2, 0.25) is 11.8 Å². The third kappa shape index (κ3) is 5.26. The van der Waals surface area contributed by atoms with Crippen molar-refractivity contribution in [3.8, 4) is 0 Å². The Morgan fingerprint density at radius 2 is 1.81 bits per heavy atom. The zero-order valence-corrected chi connectivity index (χ0v) is 16.0. The maximum absolute atomic E-state index is 14.3. The van der Waals surface area contributed by atoms with E-state index in [2.05, 4.69) is 5.32 Å². The molecule has 27 heavy (non-hydrogen) atoms. The summed E-state index contributed by atoms with van der Waals surface area (Å²) in [7, 11) is 0. The van der Waals surface area contributed by atoms with Crippen LogP contribution in [0.2, 0.25) is 0 Å². The molecule has 148 valence electrons. The van der Waals surface area contributed by atoms with Crippen LogP contribution in [-0.4, -0.2) is 61.3 Å². The van der Waals surface area contributed by atoms with E-state index in [1.54, 1.807) is 17.0 Å². The van der Waals surface area contributed by atoms with E-state index in [0.29, 0.717) is 37.4 Å². The standard InChI is InChI=1S/C19H27FN4O3/c1-12(2)18(21)19(27)22-11-17(26)24-8-6-23(7-9-24)16-5-4-14(13(3)25)10-15(16)20/h4-5,10,12,18H,6-9,11,21H2,1-3H3,(H,22,27)/t18-/m0/s1. The van der Waals surface area contributed by atoms with E-state index in [4.69, 9.17) is 5.73 Å². The number of anilines is 1. The summed E-state index contributed by atoms with van der Waals surface area (Å²) in [6.07, 6.45) is 0. The molecule has 1 fully saturated rings. The third-order valence-electron chi connectivity index (χ3n) is 4.76. The van der Waals surface area contributed by atoms with Crippen LogP contribution in [-0.2, 0) is 9.59 Å². The summed E-state index contributed by atoms with van der Waals surface area (Å²) in [5, 5.41) is 2.57. The van der Waals surface area contributed by atoms with Crippen molar-refractivity contribution in [3.05, 3.63) is 29.6 Å². The van der Waals surface area contributed by atoms with Crippen molar-refractivity contribution in [1.82, 2.24) is 10.2 Å². The predicted octanol–water partition coefficient (Wildman–Crippen LogP) is 0.776. The van der Waals surface area contributed by atoms with Gasteiger partial charge in [-0.05, 0) is 31.0 Å². The van der Waals surface area contributed by atoms with Crippen LogP contribution >= 0.6 is 0 Å². The van der Waals surface area contributed by atoms with Crippen LogP contribution in [0.25, 0.3) is 0 Å². The molecular formula is C19H27FN4O3. The molecule has 1 saturated heterocycles. The highest BCUT2D eigenvalue weighted by Gasteiger charge is 2.24. The van der Waals surface area contributed by atoms with Gasteiger partial charge in [-0.25, -0.2) is 4.39 Å². The van der Waals surface area contributed by atoms with Gasteiger partial charge in [-0.2, -0.15) is 0 Å². The van der Waals surface area contributed by atoms with Crippen molar-refractivity contribution in [1.29, 1.82) is 0 Å². The summed E-state index contributed by atoms with van der Waals surface area (Å²) < 4.78 is 14.3. The third-order valence-corrected chi connectivity index (χ3v) is 4.76. The molecule has 1 heterocycles. The maximum atomic E-state index is 14.3. The molecule has 0 unspecified atom stereocenters. The molecule has 2 rings (SSSR count). The van der Waals surface area contributed by atoms with Crippen molar-refractivity contribution in [3.63, 3.8) is 0 Å². The molecule has 3 N–H and O–H groups in total. The Bertz CT molecular complexity index is 715. The van der Waals surface area contributed by atoms with Crippen LogP contribution in [0.15, 0.2) is 18.2 Å². The molecule has 0 aliphatic carbocycles. The molecule has 0 spiro atoms. The van der Waals surface area contributed by atoms with Crippen LogP contribution in [0.5, 0.6) is 0 Å². The first-order valence-corrected chi connectivity index (χ1v) is 9.07. The first kappa shape index (κ1) is 20.8. The minimum atomic E-state index is -0.643. The average Bonchev–Trinajstić information content (AvgIpc) is 2.65. The van der Waals surface area contributed by atoms with Crippen LogP contribution in [0.3, 0.4) is 0 Å². The smallest absolute Gasteiger partial charge is 0.242 e. The van der Waals surface area contributed by atoms with Gasteiger partial charge in [-0.3, -0.25) is 14.4 Å². The van der Waals surface area contributed by atoms with E-state index in [0.717, 1.165) is 0 Å². The SMILES string of the molecule is CC(=O)c1ccc(N2CCN(C(=O)CNC(=O)[C@@H](N)C(C)C)CC2)c(F)c1. The Balaban J connectivity index is 1.87. The van der Waals surface area contributed by atoms with Crippen LogP contribution in [0.1, 0.15) is 31.1 Å². The second kappa shape index (κ2) is 8.94. The molecule has 1 aromatic rings. The summed E-state index contributed by atoms with van der Waals surface area (Å²) in [5.74, 6) is -1.17. The molecule has 0 aromatic heterocycles. The fourth-order valence-corrected chi connectivity index (χ4v) is 2.87. The van der Waals surface area contributed by atoms with Crippen molar-refractivity contribution in [2.75, 3.05) is 37.6 Å². The van der Waals surface area contributed by atoms with E-state index in [1.165, 1.54) is 13.0 Å². The number of carbonyl (C=O) groups is 3.